The van der Waals surface area contributed by atoms with Gasteiger partial charge in [-0.1, -0.05) is 50.1 Å². The summed E-state index contributed by atoms with van der Waals surface area (Å²) >= 11 is 0. The van der Waals surface area contributed by atoms with Crippen molar-refractivity contribution in [2.75, 3.05) is 13.1 Å². The largest absolute Gasteiger partial charge is 0.302 e. The minimum atomic E-state index is 0.517. The normalized spacial score (nSPS) is 24.0. The first kappa shape index (κ1) is 20.3. The molecule has 1 aliphatic heterocycles. The number of hydrogen-bond donors (Lipinski definition) is 0. The van der Waals surface area contributed by atoms with Crippen LogP contribution in [0.3, 0.4) is 0 Å². The van der Waals surface area contributed by atoms with Crippen LogP contribution in [0.15, 0.2) is 29.8 Å². The SMILES string of the molecule is CCCc1cc(C2CC(CC(C)C=C(C)C)N(CC=O)C2)ccc1C1CC1. The average Bonchev–Trinajstić information content (AvgIpc) is 3.38. The van der Waals surface area contributed by atoms with Crippen LogP contribution < -0.4 is 0 Å². The van der Waals surface area contributed by atoms with Gasteiger partial charge in [0, 0.05) is 12.6 Å². The molecule has 1 aromatic rings. The molecule has 1 heterocycles. The molecule has 0 aromatic heterocycles. The Kier molecular flexibility index (Phi) is 6.92. The van der Waals surface area contributed by atoms with Crippen molar-refractivity contribution in [1.82, 2.24) is 4.90 Å². The lowest BCUT2D eigenvalue weighted by molar-refractivity contribution is -0.109. The van der Waals surface area contributed by atoms with E-state index in [1.807, 2.05) is 0 Å². The predicted octanol–water partition coefficient (Wildman–Crippen LogP) is 5.87. The third-order valence-electron chi connectivity index (χ3n) is 6.27. The Balaban J connectivity index is 1.75. The van der Waals surface area contributed by atoms with E-state index in [0.717, 1.165) is 25.2 Å². The molecule has 1 aliphatic carbocycles. The van der Waals surface area contributed by atoms with E-state index >= 15 is 0 Å². The first-order valence-electron chi connectivity index (χ1n) is 11.0. The number of nitrogens with zero attached hydrogens (tertiary/aromatic N) is 1. The van der Waals surface area contributed by atoms with Gasteiger partial charge in [0.05, 0.1) is 6.54 Å². The number of aryl methyl sites for hydroxylation is 1. The highest BCUT2D eigenvalue weighted by Crippen LogP contribution is 2.43. The number of carbonyl (C=O) groups excluding carboxylic acids is 1. The highest BCUT2D eigenvalue weighted by Gasteiger charge is 2.34. The standard InChI is InChI=1S/C25H37NO/c1-5-6-22-15-21(9-10-25(22)20-7-8-20)23-16-24(26(17-23)11-12-27)14-19(4)13-18(2)3/h9-10,12-13,15,19-20,23-24H,5-8,11,14,16-17H2,1-4H3. The third kappa shape index (κ3) is 5.31. The quantitative estimate of drug-likeness (QED) is 0.402. The van der Waals surface area contributed by atoms with Crippen molar-refractivity contribution in [1.29, 1.82) is 0 Å². The molecule has 0 bridgehead atoms. The summed E-state index contributed by atoms with van der Waals surface area (Å²) in [6.45, 7) is 10.5. The first-order valence-corrected chi connectivity index (χ1v) is 11.0. The Morgan fingerprint density at radius 1 is 1.26 bits per heavy atom. The van der Waals surface area contributed by atoms with Crippen molar-refractivity contribution in [3.8, 4) is 0 Å². The van der Waals surface area contributed by atoms with Gasteiger partial charge in [-0.2, -0.15) is 0 Å². The summed E-state index contributed by atoms with van der Waals surface area (Å²) in [5.41, 5.74) is 6.08. The maximum atomic E-state index is 11.2. The topological polar surface area (TPSA) is 20.3 Å². The Morgan fingerprint density at radius 2 is 2.04 bits per heavy atom. The van der Waals surface area contributed by atoms with E-state index in [0.29, 0.717) is 24.4 Å². The number of allylic oxidation sites excluding steroid dienone is 2. The zero-order chi connectivity index (χ0) is 19.4. The van der Waals surface area contributed by atoms with E-state index in [-0.39, 0.29) is 0 Å². The van der Waals surface area contributed by atoms with Crippen LogP contribution in [0.25, 0.3) is 0 Å². The lowest BCUT2D eigenvalue weighted by atomic mass is 9.89. The van der Waals surface area contributed by atoms with E-state index in [1.165, 1.54) is 43.2 Å². The molecule has 2 aliphatic rings. The fraction of sp³-hybridized carbons (Fsp3) is 0.640. The van der Waals surface area contributed by atoms with Crippen molar-refractivity contribution < 1.29 is 4.79 Å². The average molecular weight is 368 g/mol. The molecule has 3 atom stereocenters. The van der Waals surface area contributed by atoms with E-state index in [4.69, 9.17) is 0 Å². The van der Waals surface area contributed by atoms with Gasteiger partial charge in [0.25, 0.3) is 0 Å². The Morgan fingerprint density at radius 3 is 2.67 bits per heavy atom. The molecule has 3 unspecified atom stereocenters. The van der Waals surface area contributed by atoms with Gasteiger partial charge in [0.1, 0.15) is 6.29 Å². The number of likely N-dealkylation sites (tertiary alicyclic amines) is 1. The number of aldehydes is 1. The van der Waals surface area contributed by atoms with Crippen LogP contribution in [0.1, 0.15) is 88.3 Å². The zero-order valence-electron chi connectivity index (χ0n) is 17.7. The molecule has 0 spiro atoms. The van der Waals surface area contributed by atoms with E-state index in [2.05, 4.69) is 56.9 Å². The van der Waals surface area contributed by atoms with Crippen molar-refractivity contribution >= 4 is 6.29 Å². The van der Waals surface area contributed by atoms with Gasteiger partial charge < -0.3 is 4.79 Å². The van der Waals surface area contributed by atoms with Gasteiger partial charge in [0.2, 0.25) is 0 Å². The van der Waals surface area contributed by atoms with Crippen LogP contribution in [0, 0.1) is 5.92 Å². The molecular weight excluding hydrogens is 330 g/mol. The highest BCUT2D eigenvalue weighted by molar-refractivity contribution is 5.52. The second kappa shape index (κ2) is 9.19. The van der Waals surface area contributed by atoms with Crippen LogP contribution in [-0.4, -0.2) is 30.3 Å². The summed E-state index contributed by atoms with van der Waals surface area (Å²) in [4.78, 5) is 13.6. The minimum absolute atomic E-state index is 0.517. The summed E-state index contributed by atoms with van der Waals surface area (Å²) in [6, 6.07) is 7.83. The molecule has 2 nitrogen and oxygen atoms in total. The summed E-state index contributed by atoms with van der Waals surface area (Å²) in [6.07, 6.45) is 10.9. The number of benzene rings is 1. The van der Waals surface area contributed by atoms with Gasteiger partial charge in [-0.05, 0) is 80.4 Å². The second-order valence-electron chi connectivity index (χ2n) is 9.15. The molecule has 1 aromatic carbocycles. The molecule has 27 heavy (non-hydrogen) atoms. The lowest BCUT2D eigenvalue weighted by Gasteiger charge is -2.23. The minimum Gasteiger partial charge on any atom is -0.302 e. The summed E-state index contributed by atoms with van der Waals surface area (Å²) in [7, 11) is 0. The van der Waals surface area contributed by atoms with Gasteiger partial charge in [-0.3, -0.25) is 4.90 Å². The highest BCUT2D eigenvalue weighted by atomic mass is 16.1. The van der Waals surface area contributed by atoms with Crippen molar-refractivity contribution in [2.45, 2.75) is 84.1 Å². The zero-order valence-corrected chi connectivity index (χ0v) is 17.7. The predicted molar refractivity (Wildman–Crippen MR) is 114 cm³/mol. The van der Waals surface area contributed by atoms with E-state index in [1.54, 1.807) is 11.1 Å². The molecular formula is C25H37NO. The van der Waals surface area contributed by atoms with Gasteiger partial charge in [-0.15, -0.1) is 0 Å². The molecule has 1 saturated heterocycles. The fourth-order valence-electron chi connectivity index (χ4n) is 5.01. The molecule has 1 saturated carbocycles. The summed E-state index contributed by atoms with van der Waals surface area (Å²) < 4.78 is 0. The maximum Gasteiger partial charge on any atom is 0.133 e. The van der Waals surface area contributed by atoms with E-state index < -0.39 is 0 Å². The van der Waals surface area contributed by atoms with Crippen LogP contribution in [-0.2, 0) is 11.2 Å². The van der Waals surface area contributed by atoms with Crippen LogP contribution in [0.5, 0.6) is 0 Å². The molecule has 2 heteroatoms. The van der Waals surface area contributed by atoms with Crippen LogP contribution in [0.4, 0.5) is 0 Å². The summed E-state index contributed by atoms with van der Waals surface area (Å²) in [5, 5.41) is 0. The van der Waals surface area contributed by atoms with Gasteiger partial charge in [0.15, 0.2) is 0 Å². The molecule has 0 radical (unpaired) electrons. The number of carbonyl (C=O) groups is 1. The number of hydrogen-bond acceptors (Lipinski definition) is 2. The molecule has 2 fully saturated rings. The molecule has 0 amide bonds. The van der Waals surface area contributed by atoms with Crippen molar-refractivity contribution in [3.05, 3.63) is 46.5 Å². The third-order valence-corrected chi connectivity index (χ3v) is 6.27. The van der Waals surface area contributed by atoms with Gasteiger partial charge >= 0.3 is 0 Å². The summed E-state index contributed by atoms with van der Waals surface area (Å²) in [5.74, 6) is 1.96. The Bertz CT molecular complexity index is 669. The number of rotatable bonds is 9. The molecule has 148 valence electrons. The Labute approximate surface area is 166 Å². The van der Waals surface area contributed by atoms with E-state index in [9.17, 15) is 4.79 Å². The van der Waals surface area contributed by atoms with Crippen molar-refractivity contribution in [2.24, 2.45) is 5.92 Å². The second-order valence-corrected chi connectivity index (χ2v) is 9.15. The van der Waals surface area contributed by atoms with Crippen molar-refractivity contribution in [3.63, 3.8) is 0 Å². The maximum absolute atomic E-state index is 11.2. The van der Waals surface area contributed by atoms with Gasteiger partial charge in [-0.25, -0.2) is 0 Å². The fourth-order valence-corrected chi connectivity index (χ4v) is 5.01. The van der Waals surface area contributed by atoms with Crippen LogP contribution in [0.2, 0.25) is 0 Å². The Hall–Kier alpha value is -1.41. The molecule has 0 N–H and O–H groups in total. The lowest BCUT2D eigenvalue weighted by Crippen LogP contribution is -2.32. The smallest absolute Gasteiger partial charge is 0.133 e. The van der Waals surface area contributed by atoms with Crippen LogP contribution >= 0.6 is 0 Å². The first-order chi connectivity index (χ1) is 13.0. The monoisotopic (exact) mass is 367 g/mol. The molecule has 3 rings (SSSR count).